The van der Waals surface area contributed by atoms with Gasteiger partial charge < -0.3 is 5.32 Å². The van der Waals surface area contributed by atoms with E-state index in [0.29, 0.717) is 22.8 Å². The average molecular weight is 315 g/mol. The van der Waals surface area contributed by atoms with Crippen molar-refractivity contribution in [2.75, 3.05) is 5.32 Å². The van der Waals surface area contributed by atoms with Gasteiger partial charge in [0.1, 0.15) is 5.82 Å². The number of anilines is 1. The van der Waals surface area contributed by atoms with Crippen molar-refractivity contribution in [2.45, 2.75) is 11.4 Å². The van der Waals surface area contributed by atoms with Gasteiger partial charge in [0.2, 0.25) is 10.0 Å². The Hall–Kier alpha value is -1.63. The molecular formula is C13H12ClFN2O2S. The van der Waals surface area contributed by atoms with Gasteiger partial charge in [0.15, 0.2) is 0 Å². The molecule has 0 atom stereocenters. The maximum Gasteiger partial charge on any atom is 0.238 e. The van der Waals surface area contributed by atoms with Gasteiger partial charge in [-0.2, -0.15) is 0 Å². The second kappa shape index (κ2) is 5.78. The van der Waals surface area contributed by atoms with Crippen molar-refractivity contribution >= 4 is 27.3 Å². The molecule has 0 aromatic heterocycles. The highest BCUT2D eigenvalue weighted by Gasteiger charge is 2.08. The Morgan fingerprint density at radius 1 is 1.20 bits per heavy atom. The molecule has 0 saturated carbocycles. The van der Waals surface area contributed by atoms with Crippen molar-refractivity contribution in [3.05, 3.63) is 58.9 Å². The van der Waals surface area contributed by atoms with E-state index in [-0.39, 0.29) is 4.90 Å². The molecule has 0 aliphatic carbocycles. The molecule has 0 spiro atoms. The first-order valence-corrected chi connectivity index (χ1v) is 7.59. The fraction of sp³-hybridized carbons (Fsp3) is 0.0769. The summed E-state index contributed by atoms with van der Waals surface area (Å²) in [6.45, 7) is 0.340. The molecule has 2 aromatic carbocycles. The van der Waals surface area contributed by atoms with E-state index in [1.807, 2.05) is 0 Å². The Balaban J connectivity index is 2.15. The van der Waals surface area contributed by atoms with Crippen LogP contribution in [-0.4, -0.2) is 8.42 Å². The van der Waals surface area contributed by atoms with Crippen LogP contribution in [0.4, 0.5) is 10.1 Å². The van der Waals surface area contributed by atoms with E-state index in [0.717, 1.165) is 0 Å². The topological polar surface area (TPSA) is 72.2 Å². The summed E-state index contributed by atoms with van der Waals surface area (Å²) in [7, 11) is -3.74. The van der Waals surface area contributed by atoms with Crippen molar-refractivity contribution < 1.29 is 12.8 Å². The number of halogens is 2. The van der Waals surface area contributed by atoms with Gasteiger partial charge in [-0.1, -0.05) is 23.7 Å². The van der Waals surface area contributed by atoms with Crippen LogP contribution in [-0.2, 0) is 16.6 Å². The molecule has 7 heteroatoms. The van der Waals surface area contributed by atoms with E-state index < -0.39 is 15.8 Å². The van der Waals surface area contributed by atoms with Crippen LogP contribution in [0.15, 0.2) is 47.4 Å². The van der Waals surface area contributed by atoms with Gasteiger partial charge >= 0.3 is 0 Å². The highest BCUT2D eigenvalue weighted by molar-refractivity contribution is 7.89. The monoisotopic (exact) mass is 314 g/mol. The minimum atomic E-state index is -3.74. The molecule has 2 rings (SSSR count). The van der Waals surface area contributed by atoms with Gasteiger partial charge in [-0.3, -0.25) is 0 Å². The Morgan fingerprint density at radius 2 is 1.95 bits per heavy atom. The maximum absolute atomic E-state index is 12.9. The minimum absolute atomic E-state index is 0.0210. The number of nitrogens with two attached hydrogens (primary N) is 1. The van der Waals surface area contributed by atoms with Gasteiger partial charge in [0.05, 0.1) is 4.90 Å². The zero-order valence-electron chi connectivity index (χ0n) is 10.3. The van der Waals surface area contributed by atoms with Crippen LogP contribution in [0.3, 0.4) is 0 Å². The second-order valence-corrected chi connectivity index (χ2v) is 6.13. The lowest BCUT2D eigenvalue weighted by Gasteiger charge is -2.09. The molecule has 0 unspecified atom stereocenters. The van der Waals surface area contributed by atoms with Crippen molar-refractivity contribution in [2.24, 2.45) is 5.14 Å². The molecule has 0 radical (unpaired) electrons. The Labute approximate surface area is 121 Å². The third-order valence-electron chi connectivity index (χ3n) is 2.66. The molecule has 0 aliphatic rings. The molecule has 0 aliphatic heterocycles. The van der Waals surface area contributed by atoms with Gasteiger partial charge in [-0.15, -0.1) is 0 Å². The van der Waals surface area contributed by atoms with Gasteiger partial charge in [-0.05, 0) is 35.9 Å². The number of primary sulfonamides is 1. The summed E-state index contributed by atoms with van der Waals surface area (Å²) in [5.74, 6) is -0.407. The smallest absolute Gasteiger partial charge is 0.238 e. The number of hydrogen-bond acceptors (Lipinski definition) is 3. The molecule has 0 bridgehead atoms. The molecule has 3 N–H and O–H groups in total. The van der Waals surface area contributed by atoms with E-state index in [1.54, 1.807) is 18.2 Å². The van der Waals surface area contributed by atoms with Gasteiger partial charge in [-0.25, -0.2) is 17.9 Å². The van der Waals surface area contributed by atoms with Crippen LogP contribution in [0.2, 0.25) is 5.02 Å². The summed E-state index contributed by atoms with van der Waals surface area (Å²) in [4.78, 5) is 0.0210. The van der Waals surface area contributed by atoms with Gasteiger partial charge in [0, 0.05) is 17.3 Å². The van der Waals surface area contributed by atoms with Crippen molar-refractivity contribution in [3.63, 3.8) is 0 Å². The van der Waals surface area contributed by atoms with Crippen LogP contribution in [0, 0.1) is 5.82 Å². The highest BCUT2D eigenvalue weighted by Crippen LogP contribution is 2.20. The molecule has 0 fully saturated rings. The quantitative estimate of drug-likeness (QED) is 0.911. The normalized spacial score (nSPS) is 11.3. The predicted octanol–water partition coefficient (Wildman–Crippen LogP) is 2.74. The average Bonchev–Trinajstić information content (AvgIpc) is 2.37. The summed E-state index contributed by atoms with van der Waals surface area (Å²) >= 11 is 5.90. The van der Waals surface area contributed by atoms with Crippen LogP contribution < -0.4 is 10.5 Å². The number of benzene rings is 2. The van der Waals surface area contributed by atoms with E-state index in [1.165, 1.54) is 24.3 Å². The third kappa shape index (κ3) is 3.69. The molecule has 20 heavy (non-hydrogen) atoms. The first-order chi connectivity index (χ1) is 9.36. The maximum atomic E-state index is 12.9. The fourth-order valence-electron chi connectivity index (χ4n) is 1.65. The van der Waals surface area contributed by atoms with Crippen molar-refractivity contribution in [3.8, 4) is 0 Å². The first-order valence-electron chi connectivity index (χ1n) is 5.67. The molecule has 2 aromatic rings. The summed E-state index contributed by atoms with van der Waals surface area (Å²) < 4.78 is 35.4. The van der Waals surface area contributed by atoms with Crippen LogP contribution in [0.25, 0.3) is 0 Å². The summed E-state index contributed by atoms with van der Waals surface area (Å²) in [5, 5.41) is 8.37. The number of hydrogen-bond donors (Lipinski definition) is 2. The van der Waals surface area contributed by atoms with E-state index in [2.05, 4.69) is 5.32 Å². The molecule has 0 saturated heterocycles. The number of rotatable bonds is 4. The third-order valence-corrected chi connectivity index (χ3v) is 3.92. The minimum Gasteiger partial charge on any atom is -0.381 e. The molecular weight excluding hydrogens is 303 g/mol. The molecule has 0 amide bonds. The summed E-state index contributed by atoms with van der Waals surface area (Å²) in [6, 6.07) is 10.2. The lowest BCUT2D eigenvalue weighted by Crippen LogP contribution is -2.12. The largest absolute Gasteiger partial charge is 0.381 e. The van der Waals surface area contributed by atoms with Crippen molar-refractivity contribution in [1.82, 2.24) is 0 Å². The molecule has 0 heterocycles. The number of sulfonamides is 1. The summed E-state index contributed by atoms with van der Waals surface area (Å²) in [6.07, 6.45) is 0. The Kier molecular flexibility index (Phi) is 4.27. The zero-order valence-corrected chi connectivity index (χ0v) is 11.9. The lowest BCUT2D eigenvalue weighted by atomic mass is 10.2. The summed E-state index contributed by atoms with van der Waals surface area (Å²) in [5.41, 5.74) is 1.28. The standard InChI is InChI=1S/C13H12ClFN2O2S/c14-13-6-10(15)5-4-9(13)8-17-11-2-1-3-12(7-11)20(16,18)19/h1-7,17H,8H2,(H2,16,18,19). The zero-order chi connectivity index (χ0) is 14.8. The van der Waals surface area contributed by atoms with E-state index >= 15 is 0 Å². The van der Waals surface area contributed by atoms with E-state index in [4.69, 9.17) is 16.7 Å². The van der Waals surface area contributed by atoms with Gasteiger partial charge in [0.25, 0.3) is 0 Å². The lowest BCUT2D eigenvalue weighted by molar-refractivity contribution is 0.598. The highest BCUT2D eigenvalue weighted by atomic mass is 35.5. The number of nitrogens with one attached hydrogen (secondary N) is 1. The van der Waals surface area contributed by atoms with Crippen LogP contribution in [0.5, 0.6) is 0 Å². The Morgan fingerprint density at radius 3 is 2.60 bits per heavy atom. The Bertz CT molecular complexity index is 735. The molecule has 4 nitrogen and oxygen atoms in total. The van der Waals surface area contributed by atoms with E-state index in [9.17, 15) is 12.8 Å². The second-order valence-electron chi connectivity index (χ2n) is 4.16. The predicted molar refractivity (Wildman–Crippen MR) is 76.6 cm³/mol. The van der Waals surface area contributed by atoms with Crippen LogP contribution >= 0.6 is 11.6 Å². The van der Waals surface area contributed by atoms with Crippen molar-refractivity contribution in [1.29, 1.82) is 0 Å². The molecule has 106 valence electrons. The van der Waals surface area contributed by atoms with Crippen LogP contribution in [0.1, 0.15) is 5.56 Å². The first kappa shape index (κ1) is 14.8. The SMILES string of the molecule is NS(=O)(=O)c1cccc(NCc2ccc(F)cc2Cl)c1. The fourth-order valence-corrected chi connectivity index (χ4v) is 2.44.